The minimum atomic E-state index is -0.506. The van der Waals surface area contributed by atoms with Gasteiger partial charge in [-0.3, -0.25) is 4.79 Å². The van der Waals surface area contributed by atoms with Crippen molar-refractivity contribution >= 4 is 11.7 Å². The highest BCUT2D eigenvalue weighted by atomic mass is 19.1. The Kier molecular flexibility index (Phi) is 5.78. The van der Waals surface area contributed by atoms with Gasteiger partial charge < -0.3 is 19.7 Å². The van der Waals surface area contributed by atoms with Crippen LogP contribution in [0.25, 0.3) is 11.4 Å². The summed E-state index contributed by atoms with van der Waals surface area (Å²) in [7, 11) is 4.81. The molecule has 2 aliphatic rings. The van der Waals surface area contributed by atoms with Crippen LogP contribution in [0.4, 0.5) is 10.2 Å². The van der Waals surface area contributed by atoms with Crippen LogP contribution in [0.15, 0.2) is 18.3 Å². The van der Waals surface area contributed by atoms with Gasteiger partial charge in [-0.2, -0.15) is 4.98 Å². The molecule has 1 atom stereocenters. The molecule has 0 unspecified atom stereocenters. The second-order valence-corrected chi connectivity index (χ2v) is 9.14. The van der Waals surface area contributed by atoms with E-state index in [1.807, 2.05) is 6.92 Å². The number of hydrogen-bond acceptors (Lipinski definition) is 8. The number of nitrogens with zero attached hydrogens (tertiary/aromatic N) is 6. The quantitative estimate of drug-likeness (QED) is 0.592. The number of ether oxygens (including phenoxy) is 2. The zero-order valence-corrected chi connectivity index (χ0v) is 20.3. The van der Waals surface area contributed by atoms with Crippen LogP contribution in [-0.4, -0.2) is 68.4 Å². The van der Waals surface area contributed by atoms with E-state index < -0.39 is 5.82 Å². The Morgan fingerprint density at radius 1 is 1.23 bits per heavy atom. The molecule has 10 nitrogen and oxygen atoms in total. The molecular formula is C24H28FN7O3. The minimum Gasteiger partial charge on any atom is -0.481 e. The van der Waals surface area contributed by atoms with Crippen LogP contribution in [0.3, 0.4) is 0 Å². The highest BCUT2D eigenvalue weighted by Crippen LogP contribution is 2.38. The summed E-state index contributed by atoms with van der Waals surface area (Å²) in [4.78, 5) is 27.9. The molecule has 0 bridgehead atoms. The third-order valence-corrected chi connectivity index (χ3v) is 6.86. The zero-order valence-electron chi connectivity index (χ0n) is 20.3. The number of hydrogen-bond donors (Lipinski definition) is 1. The normalized spacial score (nSPS) is 18.9. The molecule has 35 heavy (non-hydrogen) atoms. The first-order valence-electron chi connectivity index (χ1n) is 11.5. The molecule has 1 amide bonds. The summed E-state index contributed by atoms with van der Waals surface area (Å²) < 4.78 is 26.1. The van der Waals surface area contributed by atoms with Crippen molar-refractivity contribution in [2.24, 2.45) is 7.05 Å². The molecule has 0 aromatic carbocycles. The number of anilines is 1. The number of likely N-dealkylation sites (tertiary alicyclic amines) is 1. The molecule has 1 N–H and O–H groups in total. The SMILES string of the molecule is COc1cc(CC(=O)N2CC[C@]3(CCc4cc(-c5nc(OC)n(C)n5)c(C)nc4N3)C2)c(F)cn1. The third-order valence-electron chi connectivity index (χ3n) is 6.86. The number of rotatable bonds is 5. The molecule has 3 aromatic heterocycles. The van der Waals surface area contributed by atoms with E-state index in [4.69, 9.17) is 14.5 Å². The highest BCUT2D eigenvalue weighted by Gasteiger charge is 2.42. The second-order valence-electron chi connectivity index (χ2n) is 9.14. The van der Waals surface area contributed by atoms with E-state index in [2.05, 4.69) is 26.4 Å². The van der Waals surface area contributed by atoms with Gasteiger partial charge in [0.1, 0.15) is 11.6 Å². The van der Waals surface area contributed by atoms with Gasteiger partial charge in [-0.1, -0.05) is 0 Å². The van der Waals surface area contributed by atoms with Crippen molar-refractivity contribution in [3.05, 3.63) is 41.0 Å². The standard InChI is InChI=1S/C24H28FN7O3/c1-14-17(22-28-23(35-4)31(2)30-22)9-15-5-6-24(29-21(15)27-14)7-8-32(13-24)20(33)11-16-10-19(34-3)26-12-18(16)25/h9-10,12H,5-8,11,13H2,1-4H3,(H,27,29)/t24-/m1/s1. The van der Waals surface area contributed by atoms with Gasteiger partial charge in [-0.05, 0) is 37.8 Å². The number of amides is 1. The summed E-state index contributed by atoms with van der Waals surface area (Å²) >= 11 is 0. The molecule has 0 radical (unpaired) electrons. The van der Waals surface area contributed by atoms with Gasteiger partial charge in [0, 0.05) is 37.3 Å². The second kappa shape index (κ2) is 8.79. The number of aryl methyl sites for hydroxylation is 3. The predicted molar refractivity (Wildman–Crippen MR) is 126 cm³/mol. The van der Waals surface area contributed by atoms with Gasteiger partial charge in [0.2, 0.25) is 11.8 Å². The Bertz CT molecular complexity index is 1290. The number of nitrogens with one attached hydrogen (secondary N) is 1. The fourth-order valence-corrected chi connectivity index (χ4v) is 4.89. The molecule has 5 rings (SSSR count). The van der Waals surface area contributed by atoms with E-state index in [9.17, 15) is 9.18 Å². The van der Waals surface area contributed by atoms with Crippen molar-refractivity contribution in [1.29, 1.82) is 0 Å². The van der Waals surface area contributed by atoms with E-state index in [1.165, 1.54) is 13.2 Å². The monoisotopic (exact) mass is 481 g/mol. The highest BCUT2D eigenvalue weighted by molar-refractivity contribution is 5.79. The summed E-state index contributed by atoms with van der Waals surface area (Å²) in [6.07, 6.45) is 3.56. The molecular weight excluding hydrogens is 453 g/mol. The number of fused-ring (bicyclic) bond motifs is 1. The van der Waals surface area contributed by atoms with Crippen molar-refractivity contribution in [2.75, 3.05) is 32.6 Å². The van der Waals surface area contributed by atoms with Crippen molar-refractivity contribution in [3.63, 3.8) is 0 Å². The molecule has 5 heterocycles. The summed E-state index contributed by atoms with van der Waals surface area (Å²) in [5.74, 6) is 1.08. The predicted octanol–water partition coefficient (Wildman–Crippen LogP) is 2.31. The molecule has 0 aliphatic carbocycles. The van der Waals surface area contributed by atoms with E-state index in [1.54, 1.807) is 23.7 Å². The topological polar surface area (TPSA) is 107 Å². The van der Waals surface area contributed by atoms with Crippen LogP contribution >= 0.6 is 0 Å². The molecule has 184 valence electrons. The minimum absolute atomic E-state index is 0.0291. The van der Waals surface area contributed by atoms with Crippen LogP contribution < -0.4 is 14.8 Å². The van der Waals surface area contributed by atoms with Crippen LogP contribution in [-0.2, 0) is 24.7 Å². The average molecular weight is 482 g/mol. The van der Waals surface area contributed by atoms with Crippen molar-refractivity contribution in [3.8, 4) is 23.3 Å². The van der Waals surface area contributed by atoms with Crippen molar-refractivity contribution in [1.82, 2.24) is 29.6 Å². The summed E-state index contributed by atoms with van der Waals surface area (Å²) in [6.45, 7) is 3.10. The lowest BCUT2D eigenvalue weighted by atomic mass is 9.86. The molecule has 1 saturated heterocycles. The first-order chi connectivity index (χ1) is 16.8. The maximum Gasteiger partial charge on any atom is 0.314 e. The van der Waals surface area contributed by atoms with Crippen LogP contribution in [0, 0.1) is 12.7 Å². The molecule has 11 heteroatoms. The maximum absolute atomic E-state index is 14.2. The van der Waals surface area contributed by atoms with E-state index in [0.717, 1.165) is 48.1 Å². The number of aromatic nitrogens is 5. The smallest absolute Gasteiger partial charge is 0.314 e. The van der Waals surface area contributed by atoms with Gasteiger partial charge >= 0.3 is 6.01 Å². The van der Waals surface area contributed by atoms with Crippen molar-refractivity contribution < 1.29 is 18.7 Å². The fourth-order valence-electron chi connectivity index (χ4n) is 4.89. The third kappa shape index (κ3) is 4.26. The molecule has 3 aromatic rings. The van der Waals surface area contributed by atoms with Crippen molar-refractivity contribution in [2.45, 2.75) is 38.1 Å². The van der Waals surface area contributed by atoms with E-state index in [-0.39, 0.29) is 29.3 Å². The number of methoxy groups -OCH3 is 2. The Labute approximate surface area is 202 Å². The Hall–Kier alpha value is -3.76. The van der Waals surface area contributed by atoms with Gasteiger partial charge in [0.15, 0.2) is 5.82 Å². The Morgan fingerprint density at radius 2 is 2.06 bits per heavy atom. The Balaban J connectivity index is 1.31. The average Bonchev–Trinajstić information content (AvgIpc) is 3.43. The lowest BCUT2D eigenvalue weighted by molar-refractivity contribution is -0.129. The Morgan fingerprint density at radius 3 is 2.80 bits per heavy atom. The lowest BCUT2D eigenvalue weighted by Gasteiger charge is -2.36. The number of carbonyl (C=O) groups excluding carboxylic acids is 1. The first kappa shape index (κ1) is 23.0. The number of halogens is 1. The zero-order chi connectivity index (χ0) is 24.7. The van der Waals surface area contributed by atoms with E-state index >= 15 is 0 Å². The summed E-state index contributed by atoms with van der Waals surface area (Å²) in [5, 5.41) is 8.07. The van der Waals surface area contributed by atoms with Gasteiger partial charge in [0.25, 0.3) is 0 Å². The molecule has 1 spiro atoms. The summed E-state index contributed by atoms with van der Waals surface area (Å²) in [6, 6.07) is 4.00. The van der Waals surface area contributed by atoms with E-state index in [0.29, 0.717) is 24.9 Å². The fraction of sp³-hybridized carbons (Fsp3) is 0.458. The van der Waals surface area contributed by atoms with Gasteiger partial charge in [0.05, 0.1) is 38.1 Å². The number of pyridine rings is 2. The first-order valence-corrected chi connectivity index (χ1v) is 11.5. The lowest BCUT2D eigenvalue weighted by Crippen LogP contribution is -2.45. The van der Waals surface area contributed by atoms with Gasteiger partial charge in [-0.15, -0.1) is 5.10 Å². The van der Waals surface area contributed by atoms with Crippen LogP contribution in [0.1, 0.15) is 29.7 Å². The van der Waals surface area contributed by atoms with Gasteiger partial charge in [-0.25, -0.2) is 19.0 Å². The molecule has 2 aliphatic heterocycles. The van der Waals surface area contributed by atoms with Crippen LogP contribution in [0.5, 0.6) is 11.9 Å². The largest absolute Gasteiger partial charge is 0.481 e. The maximum atomic E-state index is 14.2. The van der Waals surface area contributed by atoms with Crippen LogP contribution in [0.2, 0.25) is 0 Å². The molecule has 1 fully saturated rings. The number of carbonyl (C=O) groups is 1. The molecule has 0 saturated carbocycles. The summed E-state index contributed by atoms with van der Waals surface area (Å²) in [5.41, 5.74) is 2.82.